The molecule has 1 aromatic carbocycles. The highest BCUT2D eigenvalue weighted by Gasteiger charge is 2.30. The van der Waals surface area contributed by atoms with Crippen molar-refractivity contribution in [3.05, 3.63) is 50.6 Å². The highest BCUT2D eigenvalue weighted by molar-refractivity contribution is 9.10. The first-order chi connectivity index (χ1) is 10.3. The van der Waals surface area contributed by atoms with E-state index in [4.69, 9.17) is 4.74 Å². The fraction of sp³-hybridized carbons (Fsp3) is 0.412. The minimum absolute atomic E-state index is 0.343. The Morgan fingerprint density at radius 2 is 2.24 bits per heavy atom. The summed E-state index contributed by atoms with van der Waals surface area (Å²) in [7, 11) is 0. The van der Waals surface area contributed by atoms with E-state index in [2.05, 4.69) is 63.2 Å². The largest absolute Gasteiger partial charge is 0.493 e. The van der Waals surface area contributed by atoms with Crippen LogP contribution in [-0.2, 0) is 0 Å². The number of halogens is 1. The topological polar surface area (TPSA) is 21.3 Å². The summed E-state index contributed by atoms with van der Waals surface area (Å²) in [6.45, 7) is 4.05. The van der Waals surface area contributed by atoms with Gasteiger partial charge in [-0.15, -0.1) is 0 Å². The zero-order valence-electron chi connectivity index (χ0n) is 12.1. The van der Waals surface area contributed by atoms with Crippen LogP contribution in [0.5, 0.6) is 5.75 Å². The maximum atomic E-state index is 5.82. The van der Waals surface area contributed by atoms with Crippen LogP contribution in [-0.4, -0.2) is 13.2 Å². The molecule has 0 radical (unpaired) electrons. The molecule has 2 aromatic rings. The molecule has 3 rings (SSSR count). The molecule has 0 spiro atoms. The molecule has 2 heterocycles. The van der Waals surface area contributed by atoms with Gasteiger partial charge in [-0.2, -0.15) is 11.3 Å². The number of hydrogen-bond donors (Lipinski definition) is 1. The van der Waals surface area contributed by atoms with Gasteiger partial charge in [0.25, 0.3) is 0 Å². The molecular weight excluding hydrogens is 346 g/mol. The van der Waals surface area contributed by atoms with Crippen molar-refractivity contribution in [2.45, 2.75) is 31.7 Å². The first kappa shape index (κ1) is 15.1. The molecule has 2 unspecified atom stereocenters. The van der Waals surface area contributed by atoms with Crippen LogP contribution in [0, 0.1) is 0 Å². The average Bonchev–Trinajstić information content (AvgIpc) is 2.94. The van der Waals surface area contributed by atoms with E-state index in [9.17, 15) is 0 Å². The SMILES string of the molecule is CCCNC(c1cscc1Br)C1CCOc2ccccc21. The van der Waals surface area contributed by atoms with Crippen LogP contribution in [0.4, 0.5) is 0 Å². The van der Waals surface area contributed by atoms with Crippen molar-refractivity contribution in [2.24, 2.45) is 0 Å². The minimum atomic E-state index is 0.343. The summed E-state index contributed by atoms with van der Waals surface area (Å²) in [5.74, 6) is 1.51. The lowest BCUT2D eigenvalue weighted by molar-refractivity contribution is 0.246. The van der Waals surface area contributed by atoms with E-state index < -0.39 is 0 Å². The molecule has 0 saturated carbocycles. The average molecular weight is 366 g/mol. The van der Waals surface area contributed by atoms with E-state index in [-0.39, 0.29) is 0 Å². The smallest absolute Gasteiger partial charge is 0.122 e. The van der Waals surface area contributed by atoms with Crippen LogP contribution in [0.3, 0.4) is 0 Å². The summed E-state index contributed by atoms with van der Waals surface area (Å²) in [4.78, 5) is 0. The van der Waals surface area contributed by atoms with E-state index in [1.165, 1.54) is 15.6 Å². The van der Waals surface area contributed by atoms with Gasteiger partial charge in [0.2, 0.25) is 0 Å². The molecule has 1 aromatic heterocycles. The molecule has 112 valence electrons. The second-order valence-corrected chi connectivity index (χ2v) is 6.99. The molecule has 1 aliphatic heterocycles. The van der Waals surface area contributed by atoms with Crippen molar-refractivity contribution >= 4 is 27.3 Å². The fourth-order valence-corrected chi connectivity index (χ4v) is 4.58. The lowest BCUT2D eigenvalue weighted by Gasteiger charge is -2.33. The molecule has 0 amide bonds. The third-order valence-corrected chi connectivity index (χ3v) is 5.75. The van der Waals surface area contributed by atoms with Gasteiger partial charge >= 0.3 is 0 Å². The van der Waals surface area contributed by atoms with Crippen LogP contribution >= 0.6 is 27.3 Å². The Morgan fingerprint density at radius 1 is 1.38 bits per heavy atom. The second kappa shape index (κ2) is 6.95. The number of ether oxygens (including phenoxy) is 1. The molecular formula is C17H20BrNOS. The lowest BCUT2D eigenvalue weighted by atomic mass is 9.84. The Bertz CT molecular complexity index is 598. The third-order valence-electron chi connectivity index (χ3n) is 4.00. The van der Waals surface area contributed by atoms with Crippen LogP contribution in [0.2, 0.25) is 0 Å². The third kappa shape index (κ3) is 3.17. The van der Waals surface area contributed by atoms with Gasteiger partial charge in [0.05, 0.1) is 6.61 Å². The van der Waals surface area contributed by atoms with Crippen molar-refractivity contribution in [2.75, 3.05) is 13.2 Å². The quantitative estimate of drug-likeness (QED) is 0.793. The predicted molar refractivity (Wildman–Crippen MR) is 92.3 cm³/mol. The Morgan fingerprint density at radius 3 is 3.00 bits per heavy atom. The minimum Gasteiger partial charge on any atom is -0.493 e. The predicted octanol–water partition coefficient (Wildman–Crippen LogP) is 5.12. The first-order valence-corrected chi connectivity index (χ1v) is 9.21. The number of benzene rings is 1. The van der Waals surface area contributed by atoms with E-state index >= 15 is 0 Å². The van der Waals surface area contributed by atoms with Gasteiger partial charge in [-0.05, 0) is 57.9 Å². The number of fused-ring (bicyclic) bond motifs is 1. The number of rotatable bonds is 5. The summed E-state index contributed by atoms with van der Waals surface area (Å²) in [6.07, 6.45) is 2.20. The Labute approximate surface area is 138 Å². The number of nitrogens with one attached hydrogen (secondary N) is 1. The molecule has 2 atom stereocenters. The van der Waals surface area contributed by atoms with Crippen LogP contribution in [0.25, 0.3) is 0 Å². The lowest BCUT2D eigenvalue weighted by Crippen LogP contribution is -2.30. The van der Waals surface area contributed by atoms with Gasteiger partial charge < -0.3 is 10.1 Å². The summed E-state index contributed by atoms with van der Waals surface area (Å²) in [5.41, 5.74) is 2.70. The van der Waals surface area contributed by atoms with Crippen molar-refractivity contribution in [3.8, 4) is 5.75 Å². The van der Waals surface area contributed by atoms with Crippen molar-refractivity contribution in [1.82, 2.24) is 5.32 Å². The zero-order valence-corrected chi connectivity index (χ0v) is 14.5. The van der Waals surface area contributed by atoms with Crippen LogP contribution in [0.15, 0.2) is 39.5 Å². The van der Waals surface area contributed by atoms with Crippen molar-refractivity contribution in [3.63, 3.8) is 0 Å². The molecule has 0 fully saturated rings. The summed E-state index contributed by atoms with van der Waals surface area (Å²) < 4.78 is 7.03. The van der Waals surface area contributed by atoms with Gasteiger partial charge in [-0.25, -0.2) is 0 Å². The van der Waals surface area contributed by atoms with E-state index in [0.717, 1.165) is 31.7 Å². The first-order valence-electron chi connectivity index (χ1n) is 7.48. The Hall–Kier alpha value is -0.840. The van der Waals surface area contributed by atoms with Gasteiger partial charge in [0.15, 0.2) is 0 Å². The molecule has 0 aliphatic carbocycles. The molecule has 21 heavy (non-hydrogen) atoms. The normalized spacial score (nSPS) is 18.9. The van der Waals surface area contributed by atoms with Crippen molar-refractivity contribution < 1.29 is 4.74 Å². The highest BCUT2D eigenvalue weighted by atomic mass is 79.9. The van der Waals surface area contributed by atoms with Gasteiger partial charge in [0.1, 0.15) is 5.75 Å². The van der Waals surface area contributed by atoms with Gasteiger partial charge in [-0.1, -0.05) is 25.1 Å². The monoisotopic (exact) mass is 365 g/mol. The van der Waals surface area contributed by atoms with E-state index in [1.807, 2.05) is 0 Å². The number of hydrogen-bond acceptors (Lipinski definition) is 3. The molecule has 0 saturated heterocycles. The Balaban J connectivity index is 1.96. The second-order valence-electron chi connectivity index (χ2n) is 5.39. The number of para-hydroxylation sites is 1. The Kier molecular flexibility index (Phi) is 4.99. The molecule has 2 nitrogen and oxygen atoms in total. The molecule has 1 aliphatic rings. The van der Waals surface area contributed by atoms with Gasteiger partial charge in [0, 0.05) is 21.8 Å². The highest BCUT2D eigenvalue weighted by Crippen LogP contribution is 2.43. The van der Waals surface area contributed by atoms with Crippen LogP contribution < -0.4 is 10.1 Å². The van der Waals surface area contributed by atoms with Gasteiger partial charge in [-0.3, -0.25) is 0 Å². The van der Waals surface area contributed by atoms with E-state index in [1.54, 1.807) is 11.3 Å². The maximum Gasteiger partial charge on any atom is 0.122 e. The van der Waals surface area contributed by atoms with Crippen molar-refractivity contribution in [1.29, 1.82) is 0 Å². The summed E-state index contributed by atoms with van der Waals surface area (Å²) in [6, 6.07) is 8.80. The van der Waals surface area contributed by atoms with Crippen LogP contribution in [0.1, 0.15) is 42.9 Å². The standard InChI is InChI=1S/C17H20BrNOS/c1-2-8-19-17(14-10-21-11-15(14)18)13-7-9-20-16-6-4-3-5-12(13)16/h3-6,10-11,13,17,19H,2,7-9H2,1H3. The molecule has 4 heteroatoms. The maximum absolute atomic E-state index is 5.82. The summed E-state index contributed by atoms with van der Waals surface area (Å²) in [5, 5.41) is 8.17. The zero-order chi connectivity index (χ0) is 14.7. The molecule has 0 bridgehead atoms. The number of thiophene rings is 1. The molecule has 1 N–H and O–H groups in total. The fourth-order valence-electron chi connectivity index (χ4n) is 3.00. The summed E-state index contributed by atoms with van der Waals surface area (Å²) >= 11 is 5.46. The van der Waals surface area contributed by atoms with E-state index in [0.29, 0.717) is 12.0 Å².